The number of rotatable bonds is 2. The quantitative estimate of drug-likeness (QED) is 0.411. The molecule has 62 valence electrons. The Hall–Kier alpha value is 1.03. The van der Waals surface area contributed by atoms with E-state index in [0.717, 1.165) is 3.07 Å². The fourth-order valence-corrected chi connectivity index (χ4v) is 2.97. The predicted octanol–water partition coefficient (Wildman–Crippen LogP) is -3.79. The number of hydrogen-bond donors (Lipinski definition) is 1. The minimum absolute atomic E-state index is 0. The predicted molar refractivity (Wildman–Crippen MR) is 36.3 cm³/mol. The standard InChI is InChI=1S/C6H5O3S.Hg.Na.H2O/c7-10(8,9)6-4-2-1-3-5-6;;;/h2-5H,(H,7,8,9);;;1H2/q;2*+1;/p-2. The number of hydrogen-bond acceptors (Lipinski definition) is 4. The van der Waals surface area contributed by atoms with Crippen LogP contribution in [-0.2, 0) is 35.1 Å². The van der Waals surface area contributed by atoms with Crippen molar-refractivity contribution >= 4 is 13.2 Å². The molecule has 0 saturated carbocycles. The van der Waals surface area contributed by atoms with Gasteiger partial charge in [-0.15, -0.1) is 0 Å². The Kier molecular flexibility index (Phi) is 6.25. The molecule has 0 fully saturated rings. The fourth-order valence-electron chi connectivity index (χ4n) is 0.762. The van der Waals surface area contributed by atoms with Crippen LogP contribution in [0, 0.1) is 0 Å². The van der Waals surface area contributed by atoms with Crippen LogP contribution >= 0.6 is 0 Å². The van der Waals surface area contributed by atoms with E-state index in [1.54, 1.807) is 0 Å². The first-order valence-corrected chi connectivity index (χ1v) is 9.81. The third kappa shape index (κ3) is 4.37. The maximum atomic E-state index is 10.4. The molecular weight excluding hydrogens is 392 g/mol. The van der Waals surface area contributed by atoms with Crippen molar-refractivity contribution in [2.45, 2.75) is 4.90 Å². The Morgan fingerprint density at radius 1 is 1.23 bits per heavy atom. The first kappa shape index (κ1) is 14.0. The molecule has 0 spiro atoms. The molecule has 1 N–H and O–H groups in total. The Balaban J connectivity index is 0.00000144. The fraction of sp³-hybridized carbons (Fsp3) is 0. The van der Waals surface area contributed by atoms with Gasteiger partial charge in [0.15, 0.2) is 0 Å². The summed E-state index contributed by atoms with van der Waals surface area (Å²) in [5, 5.41) is 0. The minimum atomic E-state index is -4.33. The van der Waals surface area contributed by atoms with Crippen LogP contribution < -0.4 is 32.6 Å². The number of benzene rings is 1. The van der Waals surface area contributed by atoms with Crippen molar-refractivity contribution in [1.29, 1.82) is 0 Å². The van der Waals surface area contributed by atoms with E-state index in [-0.39, 0.29) is 34.5 Å². The monoisotopic (exact) mass is 398 g/mol. The average molecular weight is 397 g/mol. The van der Waals surface area contributed by atoms with Crippen LogP contribution in [0.5, 0.6) is 0 Å². The van der Waals surface area contributed by atoms with Crippen molar-refractivity contribution in [3.63, 3.8) is 0 Å². The largest absolute Gasteiger partial charge is 1.00 e. The van der Waals surface area contributed by atoms with Crippen LogP contribution in [0.25, 0.3) is 0 Å². The molecule has 0 amide bonds. The third-order valence-electron chi connectivity index (χ3n) is 1.39. The molecule has 0 aliphatic carbocycles. The normalized spacial score (nSPS) is 10.0. The van der Waals surface area contributed by atoms with E-state index in [1.807, 2.05) is 0 Å². The molecule has 0 unspecified atom stereocenters. The van der Waals surface area contributed by atoms with Crippen LogP contribution in [0.2, 0.25) is 0 Å². The zero-order valence-electron chi connectivity index (χ0n) is 7.10. The molecule has 1 aromatic carbocycles. The smallest absolute Gasteiger partial charge is 1.00 e. The van der Waals surface area contributed by atoms with Gasteiger partial charge in [-0.25, -0.2) is 0 Å². The van der Waals surface area contributed by atoms with Crippen LogP contribution in [-0.4, -0.2) is 16.0 Å². The van der Waals surface area contributed by atoms with E-state index in [1.165, 1.54) is 24.3 Å². The molecule has 7 heteroatoms. The summed E-state index contributed by atoms with van der Waals surface area (Å²) in [6, 6.07) is 5.44. The van der Waals surface area contributed by atoms with Gasteiger partial charge >= 0.3 is 113 Å². The zero-order chi connectivity index (χ0) is 9.19. The van der Waals surface area contributed by atoms with E-state index in [4.69, 9.17) is 3.01 Å². The van der Waals surface area contributed by atoms with E-state index >= 15 is 0 Å². The van der Waals surface area contributed by atoms with Crippen molar-refractivity contribution in [2.24, 2.45) is 0 Å². The van der Waals surface area contributed by atoms with Gasteiger partial charge in [-0.05, 0) is 0 Å². The molecule has 0 bridgehead atoms. The van der Waals surface area contributed by atoms with E-state index < -0.39 is 35.1 Å². The molecule has 0 aliphatic heterocycles. The average Bonchev–Trinajstić information content (AvgIpc) is 2.03. The van der Waals surface area contributed by atoms with Crippen molar-refractivity contribution in [3.8, 4) is 0 Å². The molecule has 1 rings (SSSR count). The van der Waals surface area contributed by atoms with Crippen molar-refractivity contribution < 1.29 is 70.6 Å². The van der Waals surface area contributed by atoms with Crippen LogP contribution in [0.15, 0.2) is 29.2 Å². The second kappa shape index (κ2) is 5.80. The van der Waals surface area contributed by atoms with E-state index in [9.17, 15) is 13.0 Å². The molecule has 0 aliphatic rings. The topological polar surface area (TPSA) is 77.4 Å². The van der Waals surface area contributed by atoms with Gasteiger partial charge in [0.2, 0.25) is 0 Å². The van der Waals surface area contributed by atoms with Gasteiger partial charge in [-0.1, -0.05) is 0 Å². The van der Waals surface area contributed by atoms with Crippen molar-refractivity contribution in [3.05, 3.63) is 24.3 Å². The molecule has 0 saturated heterocycles. The Labute approximate surface area is 111 Å². The summed E-state index contributed by atoms with van der Waals surface area (Å²) in [6.45, 7) is 0. The summed E-state index contributed by atoms with van der Waals surface area (Å²) in [7, 11) is -4.33. The minimum Gasteiger partial charge on any atom is 1.00 e. The second-order valence-electron chi connectivity index (χ2n) is 2.26. The summed E-state index contributed by atoms with van der Waals surface area (Å²) < 4.78 is 40.9. The molecule has 0 heterocycles. The molecule has 4 nitrogen and oxygen atoms in total. The molecular formula is C6H5HgNaO4S. The van der Waals surface area contributed by atoms with Gasteiger partial charge in [0, 0.05) is 0 Å². The van der Waals surface area contributed by atoms with Gasteiger partial charge in [-0.2, -0.15) is 0 Å². The Morgan fingerprint density at radius 2 is 1.69 bits per heavy atom. The SMILES string of the molecule is O=S(=O)([O-])c1cc[c]([Hg][OH])cc1.[Na+]. The van der Waals surface area contributed by atoms with Gasteiger partial charge in [0.1, 0.15) is 0 Å². The van der Waals surface area contributed by atoms with Gasteiger partial charge in [0.05, 0.1) is 0 Å². The third-order valence-corrected chi connectivity index (χ3v) is 5.50. The summed E-state index contributed by atoms with van der Waals surface area (Å²) in [5.74, 6) is 0. The summed E-state index contributed by atoms with van der Waals surface area (Å²) in [4.78, 5) is -0.242. The van der Waals surface area contributed by atoms with Crippen LogP contribution in [0.3, 0.4) is 0 Å². The molecule has 1 aromatic rings. The summed E-state index contributed by atoms with van der Waals surface area (Å²) >= 11 is -1.92. The molecule has 13 heavy (non-hydrogen) atoms. The first-order valence-electron chi connectivity index (χ1n) is 3.20. The Bertz CT molecular complexity index is 361. The maximum Gasteiger partial charge on any atom is 1.00 e. The van der Waals surface area contributed by atoms with E-state index in [2.05, 4.69) is 0 Å². The molecule has 0 radical (unpaired) electrons. The first-order chi connectivity index (χ1) is 5.54. The van der Waals surface area contributed by atoms with Gasteiger partial charge in [-0.3, -0.25) is 0 Å². The van der Waals surface area contributed by atoms with Crippen molar-refractivity contribution in [2.75, 3.05) is 0 Å². The summed E-state index contributed by atoms with van der Waals surface area (Å²) in [5.41, 5.74) is 0. The molecule has 0 aromatic heterocycles. The van der Waals surface area contributed by atoms with Crippen molar-refractivity contribution in [1.82, 2.24) is 0 Å². The van der Waals surface area contributed by atoms with Crippen LogP contribution in [0.1, 0.15) is 0 Å². The Morgan fingerprint density at radius 3 is 2.00 bits per heavy atom. The summed E-state index contributed by atoms with van der Waals surface area (Å²) in [6.07, 6.45) is 0. The second-order valence-corrected chi connectivity index (χ2v) is 8.04. The zero-order valence-corrected chi connectivity index (χ0v) is 15.4. The maximum absolute atomic E-state index is 10.4. The van der Waals surface area contributed by atoms with Gasteiger partial charge in [0.25, 0.3) is 0 Å². The molecule has 0 atom stereocenters. The van der Waals surface area contributed by atoms with Gasteiger partial charge < -0.3 is 0 Å². The van der Waals surface area contributed by atoms with E-state index in [0.29, 0.717) is 0 Å². The van der Waals surface area contributed by atoms with Crippen LogP contribution in [0.4, 0.5) is 0 Å².